The van der Waals surface area contributed by atoms with E-state index in [1.807, 2.05) is 6.07 Å². The van der Waals surface area contributed by atoms with Crippen molar-refractivity contribution in [2.24, 2.45) is 0 Å². The molecule has 1 aromatic carbocycles. The summed E-state index contributed by atoms with van der Waals surface area (Å²) in [5.41, 5.74) is 7.13. The van der Waals surface area contributed by atoms with E-state index in [1.54, 1.807) is 28.5 Å². The summed E-state index contributed by atoms with van der Waals surface area (Å²) in [5.74, 6) is -0.328. The highest BCUT2D eigenvalue weighted by Gasteiger charge is 2.21. The van der Waals surface area contributed by atoms with E-state index in [9.17, 15) is 9.59 Å². The minimum atomic E-state index is -0.328. The van der Waals surface area contributed by atoms with Crippen LogP contribution in [0, 0.1) is 0 Å². The van der Waals surface area contributed by atoms with E-state index < -0.39 is 0 Å². The van der Waals surface area contributed by atoms with Gasteiger partial charge in [-0.15, -0.1) is 11.3 Å². The molecule has 7 nitrogen and oxygen atoms in total. The lowest BCUT2D eigenvalue weighted by Gasteiger charge is -2.15. The molecule has 108 valence electrons. The molecule has 3 amide bonds. The van der Waals surface area contributed by atoms with Gasteiger partial charge in [0.15, 0.2) is 5.13 Å². The highest BCUT2D eigenvalue weighted by Crippen LogP contribution is 2.21. The third kappa shape index (κ3) is 2.79. The topological polar surface area (TPSA) is 100 Å². The van der Waals surface area contributed by atoms with Gasteiger partial charge in [-0.05, 0) is 18.2 Å². The standard InChI is InChI=1S/C13H13N5O2S/c14-12-17-10(7-21-12)11(19)16-8-2-1-3-9(6-8)18-5-4-15-13(18)20/h1-3,6-7H,4-5H2,(H2,14,17)(H,15,20)(H,16,19). The summed E-state index contributed by atoms with van der Waals surface area (Å²) in [6.45, 7) is 1.23. The molecule has 1 saturated heterocycles. The van der Waals surface area contributed by atoms with Gasteiger partial charge in [0.05, 0.1) is 0 Å². The number of anilines is 3. The number of thiazole rings is 1. The Bertz CT molecular complexity index is 699. The van der Waals surface area contributed by atoms with Crippen molar-refractivity contribution in [2.45, 2.75) is 0 Å². The largest absolute Gasteiger partial charge is 0.375 e. The third-order valence-electron chi connectivity index (χ3n) is 3.03. The molecular formula is C13H13N5O2S. The van der Waals surface area contributed by atoms with Gasteiger partial charge in [-0.25, -0.2) is 9.78 Å². The molecule has 2 heterocycles. The first-order chi connectivity index (χ1) is 10.1. The van der Waals surface area contributed by atoms with E-state index in [1.165, 1.54) is 11.3 Å². The first-order valence-electron chi connectivity index (χ1n) is 6.31. The lowest BCUT2D eigenvalue weighted by molar-refractivity contribution is 0.102. The van der Waals surface area contributed by atoms with Crippen LogP contribution in [-0.4, -0.2) is 30.0 Å². The van der Waals surface area contributed by atoms with Gasteiger partial charge in [-0.2, -0.15) is 0 Å². The predicted octanol–water partition coefficient (Wildman–Crippen LogP) is 1.51. The smallest absolute Gasteiger partial charge is 0.321 e. The van der Waals surface area contributed by atoms with Gasteiger partial charge < -0.3 is 16.4 Å². The van der Waals surface area contributed by atoms with E-state index in [0.29, 0.717) is 23.9 Å². The second-order valence-electron chi connectivity index (χ2n) is 4.46. The van der Waals surface area contributed by atoms with Crippen LogP contribution in [0.1, 0.15) is 10.5 Å². The number of urea groups is 1. The minimum absolute atomic E-state index is 0.134. The molecule has 1 aromatic heterocycles. The average Bonchev–Trinajstić information content (AvgIpc) is 3.08. The van der Waals surface area contributed by atoms with Crippen LogP contribution in [-0.2, 0) is 0 Å². The summed E-state index contributed by atoms with van der Waals surface area (Å²) in [5, 5.41) is 7.42. The number of nitrogens with one attached hydrogen (secondary N) is 2. The normalized spacial score (nSPS) is 14.1. The molecule has 0 aliphatic carbocycles. The second-order valence-corrected chi connectivity index (χ2v) is 5.35. The Hall–Kier alpha value is -2.61. The van der Waals surface area contributed by atoms with Crippen molar-refractivity contribution in [2.75, 3.05) is 29.0 Å². The van der Waals surface area contributed by atoms with Gasteiger partial charge in [0.1, 0.15) is 5.69 Å². The highest BCUT2D eigenvalue weighted by atomic mass is 32.1. The van der Waals surface area contributed by atoms with Crippen LogP contribution in [0.3, 0.4) is 0 Å². The van der Waals surface area contributed by atoms with Gasteiger partial charge in [0.25, 0.3) is 5.91 Å². The molecule has 2 aromatic rings. The number of aromatic nitrogens is 1. The summed E-state index contributed by atoms with van der Waals surface area (Å²) < 4.78 is 0. The van der Waals surface area contributed by atoms with Crippen LogP contribution in [0.5, 0.6) is 0 Å². The Morgan fingerprint density at radius 1 is 1.48 bits per heavy atom. The Kier molecular flexibility index (Phi) is 3.44. The molecule has 0 atom stereocenters. The molecule has 8 heteroatoms. The van der Waals surface area contributed by atoms with Crippen molar-refractivity contribution in [1.82, 2.24) is 10.3 Å². The summed E-state index contributed by atoms with van der Waals surface area (Å²) in [4.78, 5) is 29.2. The first-order valence-corrected chi connectivity index (χ1v) is 7.19. The number of nitrogen functional groups attached to an aromatic ring is 1. The molecule has 0 saturated carbocycles. The zero-order chi connectivity index (χ0) is 14.8. The van der Waals surface area contributed by atoms with Crippen molar-refractivity contribution >= 4 is 39.8 Å². The van der Waals surface area contributed by atoms with Crippen molar-refractivity contribution in [1.29, 1.82) is 0 Å². The lowest BCUT2D eigenvalue weighted by atomic mass is 10.2. The quantitative estimate of drug-likeness (QED) is 0.800. The maximum absolute atomic E-state index is 12.0. The van der Waals surface area contributed by atoms with E-state index >= 15 is 0 Å². The molecule has 0 bridgehead atoms. The number of nitrogens with zero attached hydrogens (tertiary/aromatic N) is 2. The highest BCUT2D eigenvalue weighted by molar-refractivity contribution is 7.13. The van der Waals surface area contributed by atoms with Gasteiger partial charge >= 0.3 is 6.03 Å². The lowest BCUT2D eigenvalue weighted by Crippen LogP contribution is -2.27. The molecule has 3 rings (SSSR count). The van der Waals surface area contributed by atoms with E-state index in [0.717, 1.165) is 5.69 Å². The Morgan fingerprint density at radius 2 is 2.33 bits per heavy atom. The van der Waals surface area contributed by atoms with Crippen LogP contribution in [0.15, 0.2) is 29.6 Å². The fourth-order valence-corrected chi connectivity index (χ4v) is 2.60. The van der Waals surface area contributed by atoms with Crippen molar-refractivity contribution in [3.63, 3.8) is 0 Å². The first kappa shape index (κ1) is 13.4. The number of rotatable bonds is 3. The van der Waals surface area contributed by atoms with Gasteiger partial charge in [0, 0.05) is 29.8 Å². The number of carbonyl (C=O) groups is 2. The van der Waals surface area contributed by atoms with Crippen LogP contribution in [0.25, 0.3) is 0 Å². The number of hydrogen-bond acceptors (Lipinski definition) is 5. The van der Waals surface area contributed by atoms with Crippen molar-refractivity contribution in [3.05, 3.63) is 35.3 Å². The van der Waals surface area contributed by atoms with Crippen molar-refractivity contribution < 1.29 is 9.59 Å². The molecule has 1 aliphatic rings. The van der Waals surface area contributed by atoms with Gasteiger partial charge in [0.2, 0.25) is 0 Å². The fraction of sp³-hybridized carbons (Fsp3) is 0.154. The molecular weight excluding hydrogens is 290 g/mol. The SMILES string of the molecule is Nc1nc(C(=O)Nc2cccc(N3CCNC3=O)c2)cs1. The maximum atomic E-state index is 12.0. The summed E-state index contributed by atoms with van der Waals surface area (Å²) in [7, 11) is 0. The Morgan fingerprint density at radius 3 is 3.00 bits per heavy atom. The molecule has 4 N–H and O–H groups in total. The number of hydrogen-bond donors (Lipinski definition) is 3. The van der Waals surface area contributed by atoms with Gasteiger partial charge in [-0.1, -0.05) is 6.07 Å². The van der Waals surface area contributed by atoms with E-state index in [-0.39, 0.29) is 17.6 Å². The minimum Gasteiger partial charge on any atom is -0.375 e. The number of nitrogens with two attached hydrogens (primary N) is 1. The monoisotopic (exact) mass is 303 g/mol. The average molecular weight is 303 g/mol. The van der Waals surface area contributed by atoms with Crippen LogP contribution < -0.4 is 21.3 Å². The van der Waals surface area contributed by atoms with Gasteiger partial charge in [-0.3, -0.25) is 9.69 Å². The second kappa shape index (κ2) is 5.41. The third-order valence-corrected chi connectivity index (χ3v) is 3.70. The molecule has 0 spiro atoms. The predicted molar refractivity (Wildman–Crippen MR) is 81.7 cm³/mol. The summed E-state index contributed by atoms with van der Waals surface area (Å²) >= 11 is 1.21. The van der Waals surface area contributed by atoms with E-state index in [4.69, 9.17) is 5.73 Å². The fourth-order valence-electron chi connectivity index (χ4n) is 2.06. The summed E-state index contributed by atoms with van der Waals surface area (Å²) in [6.07, 6.45) is 0. The molecule has 21 heavy (non-hydrogen) atoms. The zero-order valence-corrected chi connectivity index (χ0v) is 11.8. The summed E-state index contributed by atoms with van der Waals surface area (Å²) in [6, 6.07) is 6.97. The number of amides is 3. The number of benzene rings is 1. The van der Waals surface area contributed by atoms with Crippen LogP contribution in [0.2, 0.25) is 0 Å². The molecule has 1 aliphatic heterocycles. The molecule has 0 radical (unpaired) electrons. The Labute approximate surface area is 124 Å². The number of carbonyl (C=O) groups excluding carboxylic acids is 2. The molecule has 1 fully saturated rings. The van der Waals surface area contributed by atoms with Crippen LogP contribution >= 0.6 is 11.3 Å². The maximum Gasteiger partial charge on any atom is 0.321 e. The van der Waals surface area contributed by atoms with Crippen molar-refractivity contribution in [3.8, 4) is 0 Å². The van der Waals surface area contributed by atoms with Crippen LogP contribution in [0.4, 0.5) is 21.3 Å². The zero-order valence-electron chi connectivity index (χ0n) is 11.0. The van der Waals surface area contributed by atoms with E-state index in [2.05, 4.69) is 15.6 Å². The molecule has 0 unspecified atom stereocenters. The Balaban J connectivity index is 1.77.